The average Bonchev–Trinajstić information content (AvgIpc) is 3.13. The molecule has 0 aliphatic rings. The molecule has 1 amide bonds. The summed E-state index contributed by atoms with van der Waals surface area (Å²) in [6, 6.07) is 15.2. The molecule has 6 heteroatoms. The number of nitrogens with zero attached hydrogens (tertiary/aromatic N) is 1. The number of nitrogens with one attached hydrogen (secondary N) is 1. The number of aromatic nitrogens is 1. The smallest absolute Gasteiger partial charge is 0.287 e. The van der Waals surface area contributed by atoms with E-state index in [4.69, 9.17) is 13.9 Å². The van der Waals surface area contributed by atoms with E-state index in [1.54, 1.807) is 26.4 Å². The zero-order valence-electron chi connectivity index (χ0n) is 15.9. The molecule has 0 fully saturated rings. The summed E-state index contributed by atoms with van der Waals surface area (Å²) in [4.78, 5) is 17.1. The number of fused-ring (bicyclic) bond motifs is 2. The minimum absolute atomic E-state index is 0.224. The average molecular weight is 376 g/mol. The van der Waals surface area contributed by atoms with Gasteiger partial charge in [-0.05, 0) is 42.8 Å². The first-order valence-corrected chi connectivity index (χ1v) is 8.87. The van der Waals surface area contributed by atoms with Crippen LogP contribution in [0, 0.1) is 6.92 Å². The summed E-state index contributed by atoms with van der Waals surface area (Å²) in [6.45, 7) is 2.32. The summed E-state index contributed by atoms with van der Waals surface area (Å²) in [7, 11) is 3.17. The Kier molecular flexibility index (Phi) is 4.61. The summed E-state index contributed by atoms with van der Waals surface area (Å²) in [5.74, 6) is 1.25. The number of carbonyl (C=O) groups is 1. The third-order valence-corrected chi connectivity index (χ3v) is 4.62. The Morgan fingerprint density at radius 3 is 2.68 bits per heavy atom. The van der Waals surface area contributed by atoms with Crippen LogP contribution in [0.4, 0.5) is 0 Å². The van der Waals surface area contributed by atoms with Crippen LogP contribution in [-0.2, 0) is 6.54 Å². The molecule has 0 unspecified atom stereocenters. The highest BCUT2D eigenvalue weighted by molar-refractivity contribution is 5.98. The monoisotopic (exact) mass is 376 g/mol. The van der Waals surface area contributed by atoms with E-state index in [9.17, 15) is 4.79 Å². The first-order valence-electron chi connectivity index (χ1n) is 8.87. The number of hydrogen-bond acceptors (Lipinski definition) is 5. The van der Waals surface area contributed by atoms with Gasteiger partial charge in [0.05, 0.1) is 19.7 Å². The van der Waals surface area contributed by atoms with E-state index < -0.39 is 0 Å². The van der Waals surface area contributed by atoms with Crippen LogP contribution in [0.15, 0.2) is 52.9 Å². The molecule has 2 aromatic carbocycles. The molecule has 142 valence electrons. The van der Waals surface area contributed by atoms with E-state index in [1.165, 1.54) is 0 Å². The lowest BCUT2D eigenvalue weighted by atomic mass is 10.1. The lowest BCUT2D eigenvalue weighted by Gasteiger charge is -2.10. The molecular formula is C22H20N2O4. The lowest BCUT2D eigenvalue weighted by Crippen LogP contribution is -2.22. The first kappa shape index (κ1) is 17.9. The van der Waals surface area contributed by atoms with Gasteiger partial charge in [0.15, 0.2) is 5.76 Å². The van der Waals surface area contributed by atoms with Crippen molar-refractivity contribution in [2.45, 2.75) is 13.5 Å². The van der Waals surface area contributed by atoms with Gasteiger partial charge >= 0.3 is 0 Å². The molecule has 0 spiro atoms. The number of furan rings is 1. The molecule has 0 aliphatic heterocycles. The maximum absolute atomic E-state index is 12.6. The number of ether oxygens (including phenoxy) is 2. The third-order valence-electron chi connectivity index (χ3n) is 4.62. The molecule has 0 aliphatic carbocycles. The van der Waals surface area contributed by atoms with Crippen molar-refractivity contribution in [3.63, 3.8) is 0 Å². The van der Waals surface area contributed by atoms with Gasteiger partial charge in [0, 0.05) is 28.9 Å². The maximum Gasteiger partial charge on any atom is 0.287 e. The molecule has 28 heavy (non-hydrogen) atoms. The zero-order chi connectivity index (χ0) is 19.7. The quantitative estimate of drug-likeness (QED) is 0.564. The van der Waals surface area contributed by atoms with E-state index in [2.05, 4.69) is 10.3 Å². The highest BCUT2D eigenvalue weighted by Gasteiger charge is 2.15. The van der Waals surface area contributed by atoms with Crippen molar-refractivity contribution in [1.29, 1.82) is 0 Å². The van der Waals surface area contributed by atoms with E-state index in [0.29, 0.717) is 23.8 Å². The Labute approximate surface area is 162 Å². The number of methoxy groups -OCH3 is 2. The Morgan fingerprint density at radius 2 is 1.89 bits per heavy atom. The molecule has 0 saturated carbocycles. The van der Waals surface area contributed by atoms with Gasteiger partial charge in [-0.3, -0.25) is 4.79 Å². The molecule has 6 nitrogen and oxygen atoms in total. The Bertz CT molecular complexity index is 1180. The number of pyridine rings is 1. The number of benzene rings is 2. The van der Waals surface area contributed by atoms with E-state index >= 15 is 0 Å². The van der Waals surface area contributed by atoms with Crippen LogP contribution in [0.2, 0.25) is 0 Å². The van der Waals surface area contributed by atoms with Crippen LogP contribution < -0.4 is 14.8 Å². The van der Waals surface area contributed by atoms with Crippen LogP contribution in [-0.4, -0.2) is 25.1 Å². The van der Waals surface area contributed by atoms with Crippen LogP contribution in [0.1, 0.15) is 21.7 Å². The minimum atomic E-state index is -0.309. The molecule has 2 heterocycles. The van der Waals surface area contributed by atoms with E-state index in [-0.39, 0.29) is 11.7 Å². The zero-order valence-corrected chi connectivity index (χ0v) is 15.9. The number of hydrogen-bond donors (Lipinski definition) is 1. The topological polar surface area (TPSA) is 73.6 Å². The van der Waals surface area contributed by atoms with Crippen molar-refractivity contribution >= 4 is 27.9 Å². The molecular weight excluding hydrogens is 356 g/mol. The van der Waals surface area contributed by atoms with Crippen LogP contribution in [0.25, 0.3) is 22.0 Å². The van der Waals surface area contributed by atoms with Gasteiger partial charge < -0.3 is 19.2 Å². The predicted octanol–water partition coefficient (Wildman–Crippen LogP) is 4.24. The summed E-state index contributed by atoms with van der Waals surface area (Å²) in [5.41, 5.74) is 3.26. The second-order valence-electron chi connectivity index (χ2n) is 6.55. The molecule has 0 bridgehead atoms. The van der Waals surface area contributed by atoms with Crippen LogP contribution >= 0.6 is 0 Å². The van der Waals surface area contributed by atoms with Gasteiger partial charge in [0.2, 0.25) is 5.71 Å². The highest BCUT2D eigenvalue weighted by Crippen LogP contribution is 2.26. The largest absolute Gasteiger partial charge is 0.497 e. The van der Waals surface area contributed by atoms with Crippen LogP contribution in [0.3, 0.4) is 0 Å². The molecule has 0 radical (unpaired) electrons. The molecule has 0 atom stereocenters. The van der Waals surface area contributed by atoms with Crippen molar-refractivity contribution in [1.82, 2.24) is 10.3 Å². The van der Waals surface area contributed by atoms with Crippen molar-refractivity contribution in [2.24, 2.45) is 0 Å². The first-order chi connectivity index (χ1) is 13.6. The molecule has 1 N–H and O–H groups in total. The van der Waals surface area contributed by atoms with Crippen molar-refractivity contribution < 1.29 is 18.7 Å². The molecule has 2 aromatic heterocycles. The highest BCUT2D eigenvalue weighted by atomic mass is 16.5. The molecule has 4 rings (SSSR count). The fourth-order valence-electron chi connectivity index (χ4n) is 3.11. The van der Waals surface area contributed by atoms with Crippen molar-refractivity contribution in [2.75, 3.05) is 14.2 Å². The summed E-state index contributed by atoms with van der Waals surface area (Å²) in [6.07, 6.45) is 0. The SMILES string of the molecule is COc1ccc(CNC(=O)c2cc3cc4ccc(C)cc4nc3o2)c(OC)c1. The fraction of sp³-hybridized carbons (Fsp3) is 0.182. The van der Waals surface area contributed by atoms with Gasteiger partial charge in [-0.25, -0.2) is 4.98 Å². The second kappa shape index (κ2) is 7.23. The number of rotatable bonds is 5. The van der Waals surface area contributed by atoms with Gasteiger partial charge in [-0.1, -0.05) is 12.1 Å². The standard InChI is InChI=1S/C22H20N2O4/c1-13-4-5-14-9-16-10-20(28-22(16)24-18(14)8-13)21(25)23-12-15-6-7-17(26-2)11-19(15)27-3/h4-11H,12H2,1-3H3,(H,23,25). The van der Waals surface area contributed by atoms with E-state index in [1.807, 2.05) is 43.3 Å². The number of carbonyl (C=O) groups excluding carboxylic acids is 1. The Hall–Kier alpha value is -3.54. The minimum Gasteiger partial charge on any atom is -0.497 e. The number of amides is 1. The second-order valence-corrected chi connectivity index (χ2v) is 6.55. The van der Waals surface area contributed by atoms with E-state index in [0.717, 1.165) is 27.4 Å². The van der Waals surface area contributed by atoms with Crippen molar-refractivity contribution in [3.8, 4) is 11.5 Å². The van der Waals surface area contributed by atoms with Gasteiger partial charge in [-0.2, -0.15) is 0 Å². The van der Waals surface area contributed by atoms with Gasteiger partial charge in [-0.15, -0.1) is 0 Å². The van der Waals surface area contributed by atoms with Crippen LogP contribution in [0.5, 0.6) is 11.5 Å². The van der Waals surface area contributed by atoms with Crippen molar-refractivity contribution in [3.05, 3.63) is 65.4 Å². The predicted molar refractivity (Wildman–Crippen MR) is 107 cm³/mol. The Morgan fingerprint density at radius 1 is 1.04 bits per heavy atom. The summed E-state index contributed by atoms with van der Waals surface area (Å²) >= 11 is 0. The normalized spacial score (nSPS) is 11.0. The van der Waals surface area contributed by atoms with Gasteiger partial charge in [0.1, 0.15) is 11.5 Å². The number of aryl methyl sites for hydroxylation is 1. The summed E-state index contributed by atoms with van der Waals surface area (Å²) in [5, 5.41) is 4.66. The lowest BCUT2D eigenvalue weighted by molar-refractivity contribution is 0.0925. The molecule has 0 saturated heterocycles. The fourth-order valence-corrected chi connectivity index (χ4v) is 3.11. The third kappa shape index (κ3) is 3.36. The summed E-state index contributed by atoms with van der Waals surface area (Å²) < 4.78 is 16.2. The Balaban J connectivity index is 1.56. The van der Waals surface area contributed by atoms with Gasteiger partial charge in [0.25, 0.3) is 5.91 Å². The molecule has 4 aromatic rings. The maximum atomic E-state index is 12.6.